The van der Waals surface area contributed by atoms with Crippen molar-refractivity contribution in [3.63, 3.8) is 0 Å². The van der Waals surface area contributed by atoms with Crippen LogP contribution in [0.2, 0.25) is 0 Å². The molecule has 0 aromatic heterocycles. The van der Waals surface area contributed by atoms with E-state index < -0.39 is 6.09 Å². The van der Waals surface area contributed by atoms with Crippen molar-refractivity contribution in [3.8, 4) is 0 Å². The highest BCUT2D eigenvalue weighted by molar-refractivity contribution is 5.65. The summed E-state index contributed by atoms with van der Waals surface area (Å²) in [5.74, 6) is 0. The summed E-state index contributed by atoms with van der Waals surface area (Å²) in [7, 11) is 0. The van der Waals surface area contributed by atoms with E-state index in [1.54, 1.807) is 0 Å². The fourth-order valence-corrected chi connectivity index (χ4v) is 1.60. The third-order valence-corrected chi connectivity index (χ3v) is 2.37. The van der Waals surface area contributed by atoms with Crippen molar-refractivity contribution < 1.29 is 19.7 Å². The topological polar surface area (TPSA) is 70.0 Å². The van der Waals surface area contributed by atoms with Gasteiger partial charge in [-0.3, -0.25) is 0 Å². The number of nitrogens with zero attached hydrogens (tertiary/aromatic N) is 1. The van der Waals surface area contributed by atoms with Crippen LogP contribution in [0.1, 0.15) is 13.3 Å². The molecule has 1 unspecified atom stereocenters. The van der Waals surface area contributed by atoms with Gasteiger partial charge in [0.1, 0.15) is 6.79 Å². The van der Waals surface area contributed by atoms with Gasteiger partial charge in [-0.2, -0.15) is 0 Å². The predicted molar refractivity (Wildman–Crippen MR) is 45.4 cm³/mol. The molecule has 0 radical (unpaired) electrons. The van der Waals surface area contributed by atoms with Crippen LogP contribution in [0.25, 0.3) is 0 Å². The molecule has 1 aliphatic heterocycles. The van der Waals surface area contributed by atoms with E-state index in [0.717, 1.165) is 6.42 Å². The zero-order valence-electron chi connectivity index (χ0n) is 7.69. The van der Waals surface area contributed by atoms with Crippen molar-refractivity contribution in [1.82, 2.24) is 4.90 Å². The first-order valence-corrected chi connectivity index (χ1v) is 4.24. The number of carboxylic acid groups (broad SMARTS) is 1. The first kappa shape index (κ1) is 10.3. The summed E-state index contributed by atoms with van der Waals surface area (Å²) >= 11 is 0. The Bertz CT molecular complexity index is 197. The highest BCUT2D eigenvalue weighted by atomic mass is 16.6. The molecular weight excluding hydrogens is 174 g/mol. The van der Waals surface area contributed by atoms with Crippen molar-refractivity contribution in [1.29, 1.82) is 0 Å². The first-order valence-electron chi connectivity index (χ1n) is 4.24. The van der Waals surface area contributed by atoms with Crippen LogP contribution in [-0.4, -0.2) is 47.7 Å². The second-order valence-electron chi connectivity index (χ2n) is 3.74. The van der Waals surface area contributed by atoms with Crippen molar-refractivity contribution in [3.05, 3.63) is 0 Å². The normalized spacial score (nSPS) is 28.0. The standard InChI is InChI=1S/C8H15NO4/c1-8(5-13-6-10)2-3-9(4-8)7(11)12/h10H,2-6H2,1H3,(H,11,12). The van der Waals surface area contributed by atoms with Crippen LogP contribution < -0.4 is 0 Å². The zero-order valence-corrected chi connectivity index (χ0v) is 7.69. The van der Waals surface area contributed by atoms with Crippen LogP contribution in [0.15, 0.2) is 0 Å². The first-order chi connectivity index (χ1) is 6.07. The number of amides is 1. The summed E-state index contributed by atoms with van der Waals surface area (Å²) in [6.45, 7) is 3.12. The van der Waals surface area contributed by atoms with Gasteiger partial charge in [0.05, 0.1) is 6.61 Å². The molecule has 1 fully saturated rings. The molecule has 2 N–H and O–H groups in total. The van der Waals surface area contributed by atoms with E-state index >= 15 is 0 Å². The van der Waals surface area contributed by atoms with Gasteiger partial charge < -0.3 is 19.8 Å². The number of carbonyl (C=O) groups is 1. The number of hydrogen-bond donors (Lipinski definition) is 2. The predicted octanol–water partition coefficient (Wildman–Crippen LogP) is 0.343. The van der Waals surface area contributed by atoms with Crippen LogP contribution >= 0.6 is 0 Å². The van der Waals surface area contributed by atoms with Crippen LogP contribution in [0.4, 0.5) is 4.79 Å². The molecule has 0 aromatic rings. The molecule has 13 heavy (non-hydrogen) atoms. The van der Waals surface area contributed by atoms with Crippen molar-refractivity contribution in [2.75, 3.05) is 26.5 Å². The summed E-state index contributed by atoms with van der Waals surface area (Å²) in [6.07, 6.45) is -0.0908. The van der Waals surface area contributed by atoms with Crippen LogP contribution in [0.3, 0.4) is 0 Å². The maximum Gasteiger partial charge on any atom is 0.407 e. The lowest BCUT2D eigenvalue weighted by molar-refractivity contribution is -0.0369. The molecule has 0 spiro atoms. The summed E-state index contributed by atoms with van der Waals surface area (Å²) in [5.41, 5.74) is -0.138. The Morgan fingerprint density at radius 1 is 1.69 bits per heavy atom. The Kier molecular flexibility index (Phi) is 3.11. The van der Waals surface area contributed by atoms with Gasteiger partial charge in [-0.15, -0.1) is 0 Å². The van der Waals surface area contributed by atoms with Gasteiger partial charge in [0.2, 0.25) is 0 Å². The number of hydrogen-bond acceptors (Lipinski definition) is 3. The fourth-order valence-electron chi connectivity index (χ4n) is 1.60. The number of aliphatic hydroxyl groups excluding tert-OH is 1. The van der Waals surface area contributed by atoms with Gasteiger partial charge in [-0.25, -0.2) is 4.79 Å². The van der Waals surface area contributed by atoms with Crippen molar-refractivity contribution in [2.24, 2.45) is 5.41 Å². The van der Waals surface area contributed by atoms with Gasteiger partial charge in [0.15, 0.2) is 0 Å². The summed E-state index contributed by atoms with van der Waals surface area (Å²) in [5, 5.41) is 17.2. The Hall–Kier alpha value is -0.810. The molecule has 0 saturated carbocycles. The van der Waals surface area contributed by atoms with E-state index in [0.29, 0.717) is 19.7 Å². The van der Waals surface area contributed by atoms with Gasteiger partial charge in [-0.05, 0) is 6.42 Å². The molecule has 5 nitrogen and oxygen atoms in total. The quantitative estimate of drug-likeness (QED) is 0.628. The highest BCUT2D eigenvalue weighted by Gasteiger charge is 2.36. The van der Waals surface area contributed by atoms with Crippen molar-refractivity contribution >= 4 is 6.09 Å². The molecule has 1 heterocycles. The monoisotopic (exact) mass is 189 g/mol. The SMILES string of the molecule is CC1(COCO)CCN(C(=O)O)C1. The number of likely N-dealkylation sites (tertiary alicyclic amines) is 1. The van der Waals surface area contributed by atoms with Gasteiger partial charge in [0, 0.05) is 18.5 Å². The lowest BCUT2D eigenvalue weighted by Crippen LogP contribution is -2.32. The van der Waals surface area contributed by atoms with Crippen molar-refractivity contribution in [2.45, 2.75) is 13.3 Å². The molecule has 0 aliphatic carbocycles. The number of aliphatic hydroxyl groups is 1. The lowest BCUT2D eigenvalue weighted by Gasteiger charge is -2.22. The molecule has 1 aliphatic rings. The maximum atomic E-state index is 10.6. The Morgan fingerprint density at radius 3 is 2.85 bits per heavy atom. The van der Waals surface area contributed by atoms with Gasteiger partial charge in [0.25, 0.3) is 0 Å². The van der Waals surface area contributed by atoms with E-state index in [4.69, 9.17) is 14.9 Å². The lowest BCUT2D eigenvalue weighted by atomic mass is 9.91. The van der Waals surface area contributed by atoms with Crippen LogP contribution in [-0.2, 0) is 4.74 Å². The summed E-state index contributed by atoms with van der Waals surface area (Å²) < 4.78 is 4.88. The van der Waals surface area contributed by atoms with Gasteiger partial charge >= 0.3 is 6.09 Å². The minimum absolute atomic E-state index is 0.138. The second-order valence-corrected chi connectivity index (χ2v) is 3.74. The minimum atomic E-state index is -0.882. The van der Waals surface area contributed by atoms with E-state index in [1.165, 1.54) is 4.90 Å². The molecule has 76 valence electrons. The molecule has 5 heteroatoms. The largest absolute Gasteiger partial charge is 0.465 e. The summed E-state index contributed by atoms with van der Waals surface area (Å²) in [4.78, 5) is 12.0. The average Bonchev–Trinajstić information content (AvgIpc) is 2.46. The van der Waals surface area contributed by atoms with E-state index in [2.05, 4.69) is 0 Å². The van der Waals surface area contributed by atoms with Gasteiger partial charge in [-0.1, -0.05) is 6.92 Å². The summed E-state index contributed by atoms with van der Waals surface area (Å²) in [6, 6.07) is 0. The van der Waals surface area contributed by atoms with E-state index in [9.17, 15) is 4.79 Å². The fraction of sp³-hybridized carbons (Fsp3) is 0.875. The Balaban J connectivity index is 2.41. The molecule has 1 saturated heterocycles. The third-order valence-electron chi connectivity index (χ3n) is 2.37. The van der Waals surface area contributed by atoms with Crippen LogP contribution in [0, 0.1) is 5.41 Å². The molecule has 1 atom stereocenters. The Morgan fingerprint density at radius 2 is 2.38 bits per heavy atom. The zero-order chi connectivity index (χ0) is 9.90. The second kappa shape index (κ2) is 3.93. The molecule has 0 aromatic carbocycles. The molecular formula is C8H15NO4. The van der Waals surface area contributed by atoms with E-state index in [1.807, 2.05) is 6.92 Å². The molecule has 1 rings (SSSR count). The third kappa shape index (κ3) is 2.57. The van der Waals surface area contributed by atoms with E-state index in [-0.39, 0.29) is 12.2 Å². The Labute approximate surface area is 76.9 Å². The maximum absolute atomic E-state index is 10.6. The minimum Gasteiger partial charge on any atom is -0.465 e. The smallest absolute Gasteiger partial charge is 0.407 e. The van der Waals surface area contributed by atoms with Crippen LogP contribution in [0.5, 0.6) is 0 Å². The molecule has 0 bridgehead atoms. The number of ether oxygens (including phenoxy) is 1. The highest BCUT2D eigenvalue weighted by Crippen LogP contribution is 2.29. The number of rotatable bonds is 3. The molecule has 1 amide bonds. The average molecular weight is 189 g/mol.